The van der Waals surface area contributed by atoms with Crippen LogP contribution in [0.5, 0.6) is 0 Å². The molecule has 0 aromatic heterocycles. The Hall–Kier alpha value is -0.750. The third kappa shape index (κ3) is 3.19. The Morgan fingerprint density at radius 1 is 1.43 bits per heavy atom. The van der Waals surface area contributed by atoms with Crippen molar-refractivity contribution in [2.45, 2.75) is 6.54 Å². The van der Waals surface area contributed by atoms with Crippen molar-refractivity contribution in [1.29, 1.82) is 5.26 Å². The molecule has 74 valence electrons. The van der Waals surface area contributed by atoms with Crippen molar-refractivity contribution < 1.29 is 0 Å². The van der Waals surface area contributed by atoms with Crippen LogP contribution in [0.2, 0.25) is 10.0 Å². The minimum atomic E-state index is 0.378. The van der Waals surface area contributed by atoms with Crippen LogP contribution < -0.4 is 0 Å². The Kier molecular flexibility index (Phi) is 4.21. The molecule has 4 heteroatoms. The molecule has 0 spiro atoms. The molecule has 0 aliphatic carbocycles. The summed E-state index contributed by atoms with van der Waals surface area (Å²) in [6.45, 7) is 1.01. The van der Waals surface area contributed by atoms with Crippen molar-refractivity contribution in [2.24, 2.45) is 0 Å². The van der Waals surface area contributed by atoms with E-state index in [0.29, 0.717) is 23.1 Å². The summed E-state index contributed by atoms with van der Waals surface area (Å²) in [6, 6.07) is 7.40. The van der Waals surface area contributed by atoms with Gasteiger partial charge in [0.05, 0.1) is 12.6 Å². The number of hydrogen-bond acceptors (Lipinski definition) is 2. The monoisotopic (exact) mass is 228 g/mol. The van der Waals surface area contributed by atoms with Crippen LogP contribution in [0.3, 0.4) is 0 Å². The molecule has 0 radical (unpaired) electrons. The van der Waals surface area contributed by atoms with Gasteiger partial charge in [0, 0.05) is 16.6 Å². The molecule has 0 bridgehead atoms. The quantitative estimate of drug-likeness (QED) is 0.745. The number of rotatable bonds is 3. The summed E-state index contributed by atoms with van der Waals surface area (Å²) in [5, 5.41) is 9.83. The molecule has 0 saturated carbocycles. The summed E-state index contributed by atoms with van der Waals surface area (Å²) in [4.78, 5) is 1.87. The predicted molar refractivity (Wildman–Crippen MR) is 58.4 cm³/mol. The average molecular weight is 229 g/mol. The van der Waals surface area contributed by atoms with Crippen LogP contribution in [0.15, 0.2) is 18.2 Å². The first-order valence-electron chi connectivity index (χ1n) is 4.13. The molecular formula is C10H10Cl2N2. The average Bonchev–Trinajstić information content (AvgIpc) is 2.12. The molecule has 0 atom stereocenters. The van der Waals surface area contributed by atoms with Gasteiger partial charge in [-0.25, -0.2) is 0 Å². The lowest BCUT2D eigenvalue weighted by atomic mass is 10.2. The smallest absolute Gasteiger partial charge is 0.0866 e. The normalized spacial score (nSPS) is 10.2. The standard InChI is InChI=1S/C10H10Cl2N2/c1-14(5-4-13)7-8-6-9(11)2-3-10(8)12/h2-3,6H,5,7H2,1H3. The van der Waals surface area contributed by atoms with Crippen molar-refractivity contribution in [1.82, 2.24) is 4.90 Å². The molecule has 0 aliphatic heterocycles. The van der Waals surface area contributed by atoms with Crippen LogP contribution >= 0.6 is 23.2 Å². The maximum absolute atomic E-state index is 8.49. The lowest BCUT2D eigenvalue weighted by Crippen LogP contribution is -2.17. The van der Waals surface area contributed by atoms with Gasteiger partial charge in [0.2, 0.25) is 0 Å². The van der Waals surface area contributed by atoms with Crippen molar-refractivity contribution in [2.75, 3.05) is 13.6 Å². The number of hydrogen-bond donors (Lipinski definition) is 0. The van der Waals surface area contributed by atoms with Crippen LogP contribution in [0.25, 0.3) is 0 Å². The van der Waals surface area contributed by atoms with Crippen LogP contribution in [-0.4, -0.2) is 18.5 Å². The van der Waals surface area contributed by atoms with Gasteiger partial charge in [-0.05, 0) is 30.8 Å². The fraction of sp³-hybridized carbons (Fsp3) is 0.300. The number of nitriles is 1. The minimum absolute atomic E-state index is 0.378. The van der Waals surface area contributed by atoms with Gasteiger partial charge in [-0.15, -0.1) is 0 Å². The highest BCUT2D eigenvalue weighted by Gasteiger charge is 2.04. The zero-order valence-corrected chi connectivity index (χ0v) is 9.31. The number of benzene rings is 1. The van der Waals surface area contributed by atoms with Gasteiger partial charge in [-0.1, -0.05) is 23.2 Å². The van der Waals surface area contributed by atoms with Crippen LogP contribution in [0, 0.1) is 11.3 Å². The molecule has 0 heterocycles. The third-order valence-electron chi connectivity index (χ3n) is 1.79. The molecule has 14 heavy (non-hydrogen) atoms. The van der Waals surface area contributed by atoms with E-state index in [1.807, 2.05) is 18.0 Å². The topological polar surface area (TPSA) is 27.0 Å². The van der Waals surface area contributed by atoms with Gasteiger partial charge in [-0.2, -0.15) is 5.26 Å². The van der Waals surface area contributed by atoms with Crippen LogP contribution in [-0.2, 0) is 6.54 Å². The molecule has 1 aromatic carbocycles. The Bertz CT molecular complexity index is 358. The largest absolute Gasteiger partial charge is 0.289 e. The lowest BCUT2D eigenvalue weighted by Gasteiger charge is -2.13. The molecule has 0 fully saturated rings. The second-order valence-electron chi connectivity index (χ2n) is 3.07. The Labute approximate surface area is 93.7 Å². The summed E-state index contributed by atoms with van der Waals surface area (Å²) < 4.78 is 0. The van der Waals surface area contributed by atoms with E-state index in [1.54, 1.807) is 12.1 Å². The van der Waals surface area contributed by atoms with Crippen molar-refractivity contribution >= 4 is 23.2 Å². The third-order valence-corrected chi connectivity index (χ3v) is 2.39. The maximum Gasteiger partial charge on any atom is 0.0866 e. The molecule has 1 rings (SSSR count). The van der Waals surface area contributed by atoms with Crippen molar-refractivity contribution in [3.8, 4) is 6.07 Å². The van der Waals surface area contributed by atoms with Crippen LogP contribution in [0.4, 0.5) is 0 Å². The van der Waals surface area contributed by atoms with E-state index in [4.69, 9.17) is 28.5 Å². The zero-order chi connectivity index (χ0) is 10.6. The van der Waals surface area contributed by atoms with E-state index < -0.39 is 0 Å². The van der Waals surface area contributed by atoms with E-state index in [2.05, 4.69) is 6.07 Å². The van der Waals surface area contributed by atoms with E-state index in [0.717, 1.165) is 5.56 Å². The SMILES string of the molecule is CN(CC#N)Cc1cc(Cl)ccc1Cl. The summed E-state index contributed by atoms with van der Waals surface area (Å²) in [5.41, 5.74) is 0.942. The summed E-state index contributed by atoms with van der Waals surface area (Å²) in [5.74, 6) is 0. The predicted octanol–water partition coefficient (Wildman–Crippen LogP) is 2.95. The summed E-state index contributed by atoms with van der Waals surface area (Å²) in [7, 11) is 1.86. The molecule has 1 aromatic rings. The lowest BCUT2D eigenvalue weighted by molar-refractivity contribution is 0.367. The zero-order valence-electron chi connectivity index (χ0n) is 7.80. The van der Waals surface area contributed by atoms with Gasteiger partial charge in [-0.3, -0.25) is 4.90 Å². The molecular weight excluding hydrogens is 219 g/mol. The molecule has 0 aliphatic rings. The molecule has 0 saturated heterocycles. The van der Waals surface area contributed by atoms with E-state index >= 15 is 0 Å². The Morgan fingerprint density at radius 3 is 2.79 bits per heavy atom. The molecule has 0 amide bonds. The molecule has 2 nitrogen and oxygen atoms in total. The fourth-order valence-electron chi connectivity index (χ4n) is 1.13. The number of halogens is 2. The van der Waals surface area contributed by atoms with Gasteiger partial charge in [0.15, 0.2) is 0 Å². The van der Waals surface area contributed by atoms with Gasteiger partial charge >= 0.3 is 0 Å². The number of nitrogens with zero attached hydrogens (tertiary/aromatic N) is 2. The summed E-state index contributed by atoms with van der Waals surface area (Å²) >= 11 is 11.8. The van der Waals surface area contributed by atoms with Gasteiger partial charge < -0.3 is 0 Å². The van der Waals surface area contributed by atoms with E-state index in [1.165, 1.54) is 0 Å². The molecule has 0 unspecified atom stereocenters. The van der Waals surface area contributed by atoms with Crippen molar-refractivity contribution in [3.05, 3.63) is 33.8 Å². The van der Waals surface area contributed by atoms with E-state index in [-0.39, 0.29) is 0 Å². The fourth-order valence-corrected chi connectivity index (χ4v) is 1.50. The highest BCUT2D eigenvalue weighted by atomic mass is 35.5. The Balaban J connectivity index is 2.76. The Morgan fingerprint density at radius 2 is 2.14 bits per heavy atom. The van der Waals surface area contributed by atoms with Crippen molar-refractivity contribution in [3.63, 3.8) is 0 Å². The van der Waals surface area contributed by atoms with Gasteiger partial charge in [0.1, 0.15) is 0 Å². The highest BCUT2D eigenvalue weighted by molar-refractivity contribution is 6.33. The first-order valence-corrected chi connectivity index (χ1v) is 4.88. The minimum Gasteiger partial charge on any atom is -0.289 e. The highest BCUT2D eigenvalue weighted by Crippen LogP contribution is 2.21. The maximum atomic E-state index is 8.49. The second-order valence-corrected chi connectivity index (χ2v) is 3.91. The first kappa shape index (κ1) is 11.3. The van der Waals surface area contributed by atoms with Gasteiger partial charge in [0.25, 0.3) is 0 Å². The van der Waals surface area contributed by atoms with Crippen LogP contribution in [0.1, 0.15) is 5.56 Å². The summed E-state index contributed by atoms with van der Waals surface area (Å²) in [6.07, 6.45) is 0. The second kappa shape index (κ2) is 5.21. The first-order chi connectivity index (χ1) is 6.63. The van der Waals surface area contributed by atoms with E-state index in [9.17, 15) is 0 Å². The molecule has 0 N–H and O–H groups in total.